The second kappa shape index (κ2) is 5.50. The number of hydrogen-bond donors (Lipinski definition) is 1. The van der Waals surface area contributed by atoms with Gasteiger partial charge in [0.1, 0.15) is 0 Å². The minimum Gasteiger partial charge on any atom is -0.384 e. The number of hydrogen-bond acceptors (Lipinski definition) is 3. The van der Waals surface area contributed by atoms with Crippen LogP contribution in [0, 0.1) is 0 Å². The van der Waals surface area contributed by atoms with Crippen molar-refractivity contribution >= 4 is 5.95 Å². The quantitative estimate of drug-likeness (QED) is 0.856. The minimum absolute atomic E-state index is 0.723. The molecule has 0 saturated carbocycles. The third kappa shape index (κ3) is 2.47. The molecule has 17 heavy (non-hydrogen) atoms. The normalized spacial score (nSPS) is 10.5. The first-order valence-electron chi connectivity index (χ1n) is 5.65. The molecule has 1 aromatic heterocycles. The Morgan fingerprint density at radius 1 is 1.35 bits per heavy atom. The Morgan fingerprint density at radius 3 is 2.94 bits per heavy atom. The van der Waals surface area contributed by atoms with Crippen LogP contribution in [0.1, 0.15) is 5.56 Å². The average Bonchev–Trinajstić information content (AvgIpc) is 2.84. The number of imidazole rings is 1. The lowest BCUT2D eigenvalue weighted by Gasteiger charge is -2.12. The number of rotatable bonds is 5. The number of methoxy groups -OCH3 is 1. The Kier molecular flexibility index (Phi) is 3.77. The van der Waals surface area contributed by atoms with E-state index < -0.39 is 0 Å². The van der Waals surface area contributed by atoms with Gasteiger partial charge in [-0.2, -0.15) is 0 Å². The Balaban J connectivity index is 2.37. The van der Waals surface area contributed by atoms with Crippen LogP contribution < -0.4 is 5.32 Å². The molecule has 0 spiro atoms. The van der Waals surface area contributed by atoms with Gasteiger partial charge >= 0.3 is 0 Å². The first-order valence-corrected chi connectivity index (χ1v) is 5.65. The Morgan fingerprint density at radius 2 is 2.18 bits per heavy atom. The van der Waals surface area contributed by atoms with Gasteiger partial charge in [-0.3, -0.25) is 4.57 Å². The Hall–Kier alpha value is -1.81. The fourth-order valence-corrected chi connectivity index (χ4v) is 1.85. The third-order valence-corrected chi connectivity index (χ3v) is 2.69. The molecule has 0 aliphatic rings. The van der Waals surface area contributed by atoms with Gasteiger partial charge < -0.3 is 10.1 Å². The van der Waals surface area contributed by atoms with E-state index in [0.29, 0.717) is 0 Å². The number of aromatic nitrogens is 2. The summed E-state index contributed by atoms with van der Waals surface area (Å²) >= 11 is 0. The van der Waals surface area contributed by atoms with Crippen LogP contribution in [0.4, 0.5) is 5.95 Å². The molecule has 90 valence electrons. The predicted octanol–water partition coefficient (Wildman–Crippen LogP) is 2.10. The van der Waals surface area contributed by atoms with Gasteiger partial charge in [-0.15, -0.1) is 0 Å². The molecule has 0 radical (unpaired) electrons. The zero-order valence-electron chi connectivity index (χ0n) is 10.2. The van der Waals surface area contributed by atoms with Crippen LogP contribution >= 0.6 is 0 Å². The van der Waals surface area contributed by atoms with Crippen molar-refractivity contribution in [2.24, 2.45) is 0 Å². The lowest BCUT2D eigenvalue weighted by molar-refractivity contribution is 0.202. The van der Waals surface area contributed by atoms with Crippen molar-refractivity contribution in [3.8, 4) is 5.69 Å². The van der Waals surface area contributed by atoms with Gasteiger partial charge in [0.25, 0.3) is 0 Å². The topological polar surface area (TPSA) is 39.1 Å². The number of nitrogens with zero attached hydrogens (tertiary/aromatic N) is 2. The summed E-state index contributed by atoms with van der Waals surface area (Å²) in [5.41, 5.74) is 2.40. The van der Waals surface area contributed by atoms with Crippen molar-refractivity contribution < 1.29 is 4.74 Å². The molecule has 0 aliphatic carbocycles. The molecule has 1 heterocycles. The summed E-state index contributed by atoms with van der Waals surface area (Å²) in [6.45, 7) is 0.723. The molecule has 2 rings (SSSR count). The molecule has 2 aromatic rings. The van der Waals surface area contributed by atoms with Crippen molar-refractivity contribution in [3.05, 3.63) is 42.2 Å². The summed E-state index contributed by atoms with van der Waals surface area (Å²) in [6.07, 6.45) is 4.64. The first kappa shape index (κ1) is 11.7. The lowest BCUT2D eigenvalue weighted by Crippen LogP contribution is -2.05. The largest absolute Gasteiger partial charge is 0.384 e. The van der Waals surface area contributed by atoms with Crippen molar-refractivity contribution in [2.45, 2.75) is 6.42 Å². The summed E-state index contributed by atoms with van der Waals surface area (Å²) in [5.74, 6) is 0.842. The maximum atomic E-state index is 5.13. The summed E-state index contributed by atoms with van der Waals surface area (Å²) in [4.78, 5) is 4.25. The van der Waals surface area contributed by atoms with Gasteiger partial charge in [0, 0.05) is 26.6 Å². The van der Waals surface area contributed by atoms with Crippen molar-refractivity contribution in [2.75, 3.05) is 26.1 Å². The van der Waals surface area contributed by atoms with Crippen LogP contribution in [0.15, 0.2) is 36.7 Å². The number of ether oxygens (including phenoxy) is 1. The Bertz CT molecular complexity index is 479. The maximum Gasteiger partial charge on any atom is 0.207 e. The molecule has 0 bridgehead atoms. The number of benzene rings is 1. The first-order chi connectivity index (χ1) is 8.36. The van der Waals surface area contributed by atoms with Crippen molar-refractivity contribution in [1.29, 1.82) is 0 Å². The molecule has 0 fully saturated rings. The summed E-state index contributed by atoms with van der Waals surface area (Å²) in [7, 11) is 3.59. The van der Waals surface area contributed by atoms with Gasteiger partial charge in [-0.1, -0.05) is 18.2 Å². The summed E-state index contributed by atoms with van der Waals surface area (Å²) in [5, 5.41) is 3.08. The standard InChI is InChI=1S/C13H17N3O/c1-14-13-15-8-9-16(13)12-6-4-3-5-11(12)7-10-17-2/h3-6,8-9H,7,10H2,1-2H3,(H,14,15). The van der Waals surface area contributed by atoms with E-state index in [1.165, 1.54) is 5.56 Å². The maximum absolute atomic E-state index is 5.13. The Labute approximate surface area is 101 Å². The zero-order chi connectivity index (χ0) is 12.1. The zero-order valence-corrected chi connectivity index (χ0v) is 10.2. The van der Waals surface area contributed by atoms with Crippen molar-refractivity contribution in [3.63, 3.8) is 0 Å². The summed E-state index contributed by atoms with van der Waals surface area (Å²) in [6, 6.07) is 8.29. The van der Waals surface area contributed by atoms with Gasteiger partial charge in [0.05, 0.1) is 12.3 Å². The van der Waals surface area contributed by atoms with Crippen LogP contribution in [-0.2, 0) is 11.2 Å². The summed E-state index contributed by atoms with van der Waals surface area (Å²) < 4.78 is 7.18. The molecule has 4 nitrogen and oxygen atoms in total. The van der Waals surface area contributed by atoms with Crippen LogP contribution in [-0.4, -0.2) is 30.3 Å². The highest BCUT2D eigenvalue weighted by atomic mass is 16.5. The number of anilines is 1. The molecular weight excluding hydrogens is 214 g/mol. The molecular formula is C13H17N3O. The highest BCUT2D eigenvalue weighted by molar-refractivity contribution is 5.47. The molecule has 1 N–H and O–H groups in total. The van der Waals surface area contributed by atoms with E-state index >= 15 is 0 Å². The van der Waals surface area contributed by atoms with Gasteiger partial charge in [0.15, 0.2) is 0 Å². The van der Waals surface area contributed by atoms with E-state index in [-0.39, 0.29) is 0 Å². The monoisotopic (exact) mass is 231 g/mol. The molecule has 4 heteroatoms. The van der Waals surface area contributed by atoms with E-state index in [2.05, 4.69) is 22.4 Å². The fourth-order valence-electron chi connectivity index (χ4n) is 1.85. The van der Waals surface area contributed by atoms with E-state index in [4.69, 9.17) is 4.74 Å². The average molecular weight is 231 g/mol. The number of nitrogens with one attached hydrogen (secondary N) is 1. The lowest BCUT2D eigenvalue weighted by atomic mass is 10.1. The van der Waals surface area contributed by atoms with E-state index in [1.54, 1.807) is 13.3 Å². The van der Waals surface area contributed by atoms with Gasteiger partial charge in [0.2, 0.25) is 5.95 Å². The minimum atomic E-state index is 0.723. The third-order valence-electron chi connectivity index (χ3n) is 2.69. The molecule has 1 aromatic carbocycles. The smallest absolute Gasteiger partial charge is 0.207 e. The van der Waals surface area contributed by atoms with E-state index in [9.17, 15) is 0 Å². The van der Waals surface area contributed by atoms with Crippen molar-refractivity contribution in [1.82, 2.24) is 9.55 Å². The van der Waals surface area contributed by atoms with Crippen LogP contribution in [0.2, 0.25) is 0 Å². The molecule has 0 amide bonds. The molecule has 0 aliphatic heterocycles. The van der Waals surface area contributed by atoms with Gasteiger partial charge in [-0.25, -0.2) is 4.98 Å². The SMILES string of the molecule is CNc1nccn1-c1ccccc1CCOC. The van der Waals surface area contributed by atoms with Gasteiger partial charge in [-0.05, 0) is 18.1 Å². The highest BCUT2D eigenvalue weighted by Crippen LogP contribution is 2.19. The fraction of sp³-hybridized carbons (Fsp3) is 0.308. The second-order valence-corrected chi connectivity index (χ2v) is 3.74. The van der Waals surface area contributed by atoms with E-state index in [1.807, 2.05) is 29.9 Å². The molecule has 0 saturated heterocycles. The second-order valence-electron chi connectivity index (χ2n) is 3.74. The van der Waals surface area contributed by atoms with Crippen LogP contribution in [0.3, 0.4) is 0 Å². The van der Waals surface area contributed by atoms with E-state index in [0.717, 1.165) is 24.7 Å². The molecule has 0 atom stereocenters. The predicted molar refractivity (Wildman–Crippen MR) is 68.7 cm³/mol. The highest BCUT2D eigenvalue weighted by Gasteiger charge is 2.07. The van der Waals surface area contributed by atoms with Crippen LogP contribution in [0.5, 0.6) is 0 Å². The van der Waals surface area contributed by atoms with Crippen LogP contribution in [0.25, 0.3) is 5.69 Å². The molecule has 0 unspecified atom stereocenters. The number of para-hydroxylation sites is 1.